The Bertz CT molecular complexity index is 516. The van der Waals surface area contributed by atoms with E-state index in [9.17, 15) is 0 Å². The molecule has 0 atom stereocenters. The van der Waals surface area contributed by atoms with E-state index in [-0.39, 0.29) is 0 Å². The molecule has 0 saturated carbocycles. The highest BCUT2D eigenvalue weighted by atomic mass is 35.5. The van der Waals surface area contributed by atoms with Crippen LogP contribution >= 0.6 is 23.2 Å². The Hall–Kier alpha value is -0.980. The van der Waals surface area contributed by atoms with Crippen LogP contribution in [-0.4, -0.2) is 0 Å². The van der Waals surface area contributed by atoms with Gasteiger partial charge in [-0.3, -0.25) is 0 Å². The first-order chi connectivity index (χ1) is 9.41. The van der Waals surface area contributed by atoms with Gasteiger partial charge in [0, 0.05) is 10.0 Å². The summed E-state index contributed by atoms with van der Waals surface area (Å²) >= 11 is 11.7. The van der Waals surface area contributed by atoms with Crippen LogP contribution in [0.25, 0.3) is 0 Å². The summed E-state index contributed by atoms with van der Waals surface area (Å²) in [6.45, 7) is 8.60. The van der Waals surface area contributed by atoms with Crippen LogP contribution in [0.3, 0.4) is 0 Å². The highest BCUT2D eigenvalue weighted by Gasteiger charge is 2.04. The van der Waals surface area contributed by atoms with Crippen molar-refractivity contribution in [2.75, 3.05) is 0 Å². The Morgan fingerprint density at radius 3 is 1.75 bits per heavy atom. The zero-order valence-corrected chi connectivity index (χ0v) is 14.0. The summed E-state index contributed by atoms with van der Waals surface area (Å²) in [6, 6.07) is 16.1. The topological polar surface area (TPSA) is 0 Å². The first-order valence-electron chi connectivity index (χ1n) is 6.91. The minimum atomic E-state index is 0.432. The second-order valence-corrected chi connectivity index (χ2v) is 6.23. The van der Waals surface area contributed by atoms with Gasteiger partial charge in [0.05, 0.1) is 0 Å². The third-order valence-electron chi connectivity index (χ3n) is 3.05. The zero-order chi connectivity index (χ0) is 15.1. The van der Waals surface area contributed by atoms with Gasteiger partial charge in [-0.1, -0.05) is 81.2 Å². The van der Waals surface area contributed by atoms with E-state index in [1.165, 1.54) is 5.56 Å². The van der Waals surface area contributed by atoms with Crippen LogP contribution in [0.1, 0.15) is 50.7 Å². The SMILES string of the molecule is CC(C)c1cc(Cl)ccc1Cl.CC(C)c1ccccc1. The second-order valence-electron chi connectivity index (χ2n) is 5.39. The number of rotatable bonds is 2. The fourth-order valence-electron chi connectivity index (χ4n) is 1.79. The van der Waals surface area contributed by atoms with Gasteiger partial charge in [-0.05, 0) is 41.2 Å². The molecule has 0 fully saturated rings. The van der Waals surface area contributed by atoms with E-state index >= 15 is 0 Å². The molecule has 0 saturated heterocycles. The molecule has 0 radical (unpaired) electrons. The van der Waals surface area contributed by atoms with Gasteiger partial charge in [0.25, 0.3) is 0 Å². The molecule has 0 nitrogen and oxygen atoms in total. The van der Waals surface area contributed by atoms with Crippen molar-refractivity contribution in [1.82, 2.24) is 0 Å². The molecule has 0 aliphatic rings. The van der Waals surface area contributed by atoms with Crippen LogP contribution in [0.4, 0.5) is 0 Å². The standard InChI is InChI=1S/C9H10Cl2.C9H12/c1-6(2)8-5-7(10)3-4-9(8)11;1-8(2)9-6-4-3-5-7-9/h3-6H,1-2H3;3-8H,1-2H3. The van der Waals surface area contributed by atoms with E-state index in [4.69, 9.17) is 23.2 Å². The quantitative estimate of drug-likeness (QED) is 0.564. The molecule has 0 bridgehead atoms. The van der Waals surface area contributed by atoms with Crippen LogP contribution in [0.5, 0.6) is 0 Å². The first kappa shape index (κ1) is 17.1. The monoisotopic (exact) mass is 308 g/mol. The fraction of sp³-hybridized carbons (Fsp3) is 0.333. The van der Waals surface area contributed by atoms with E-state index in [1.807, 2.05) is 18.2 Å². The first-order valence-corrected chi connectivity index (χ1v) is 7.67. The largest absolute Gasteiger partial charge is 0.0843 e. The van der Waals surface area contributed by atoms with Crippen molar-refractivity contribution in [3.05, 3.63) is 69.7 Å². The summed E-state index contributed by atoms with van der Waals surface area (Å²) in [6.07, 6.45) is 0. The highest BCUT2D eigenvalue weighted by molar-refractivity contribution is 6.33. The lowest BCUT2D eigenvalue weighted by Crippen LogP contribution is -1.87. The lowest BCUT2D eigenvalue weighted by Gasteiger charge is -2.07. The Morgan fingerprint density at radius 2 is 1.35 bits per heavy atom. The minimum Gasteiger partial charge on any atom is -0.0843 e. The van der Waals surface area contributed by atoms with Crippen molar-refractivity contribution < 1.29 is 0 Å². The molecule has 20 heavy (non-hydrogen) atoms. The third-order valence-corrected chi connectivity index (χ3v) is 3.63. The molecule has 2 rings (SSSR count). The van der Waals surface area contributed by atoms with E-state index in [0.717, 1.165) is 15.6 Å². The van der Waals surface area contributed by atoms with Crippen LogP contribution in [0.15, 0.2) is 48.5 Å². The van der Waals surface area contributed by atoms with Crippen molar-refractivity contribution in [3.63, 3.8) is 0 Å². The van der Waals surface area contributed by atoms with Gasteiger partial charge in [0.2, 0.25) is 0 Å². The van der Waals surface area contributed by atoms with Crippen LogP contribution < -0.4 is 0 Å². The summed E-state index contributed by atoms with van der Waals surface area (Å²) in [5.41, 5.74) is 2.52. The van der Waals surface area contributed by atoms with Crippen molar-refractivity contribution in [2.24, 2.45) is 0 Å². The Balaban J connectivity index is 0.000000204. The molecule has 0 aliphatic carbocycles. The Morgan fingerprint density at radius 1 is 0.750 bits per heavy atom. The molecule has 0 aromatic heterocycles. The van der Waals surface area contributed by atoms with Gasteiger partial charge < -0.3 is 0 Å². The molecule has 0 aliphatic heterocycles. The van der Waals surface area contributed by atoms with Gasteiger partial charge >= 0.3 is 0 Å². The summed E-state index contributed by atoms with van der Waals surface area (Å²) in [4.78, 5) is 0. The normalized spacial score (nSPS) is 10.4. The zero-order valence-electron chi connectivity index (χ0n) is 12.5. The average molecular weight is 309 g/mol. The van der Waals surface area contributed by atoms with Gasteiger partial charge in [-0.2, -0.15) is 0 Å². The lowest BCUT2D eigenvalue weighted by atomic mass is 10.0. The summed E-state index contributed by atoms with van der Waals surface area (Å²) in [5, 5.41) is 1.54. The Kier molecular flexibility index (Phi) is 7.12. The molecule has 108 valence electrons. The molecular formula is C18H22Cl2. The maximum atomic E-state index is 5.93. The van der Waals surface area contributed by atoms with Gasteiger partial charge in [-0.15, -0.1) is 0 Å². The maximum absolute atomic E-state index is 5.93. The summed E-state index contributed by atoms with van der Waals surface area (Å²) in [7, 11) is 0. The van der Waals surface area contributed by atoms with E-state index in [0.29, 0.717) is 11.8 Å². The molecule has 0 spiro atoms. The highest BCUT2D eigenvalue weighted by Crippen LogP contribution is 2.26. The molecule has 2 aromatic carbocycles. The maximum Gasteiger partial charge on any atom is 0.0441 e. The summed E-state index contributed by atoms with van der Waals surface area (Å²) < 4.78 is 0. The predicted molar refractivity (Wildman–Crippen MR) is 91.1 cm³/mol. The number of hydrogen-bond acceptors (Lipinski definition) is 0. The average Bonchev–Trinajstić information content (AvgIpc) is 2.43. The van der Waals surface area contributed by atoms with E-state index in [1.54, 1.807) is 6.07 Å². The molecule has 2 aromatic rings. The van der Waals surface area contributed by atoms with Crippen LogP contribution in [0, 0.1) is 0 Å². The molecule has 0 N–H and O–H groups in total. The Labute approximate surface area is 132 Å². The van der Waals surface area contributed by atoms with Crippen LogP contribution in [-0.2, 0) is 0 Å². The molecule has 0 unspecified atom stereocenters. The molecular weight excluding hydrogens is 287 g/mol. The number of benzene rings is 2. The van der Waals surface area contributed by atoms with Gasteiger partial charge in [0.15, 0.2) is 0 Å². The fourth-order valence-corrected chi connectivity index (χ4v) is 2.31. The van der Waals surface area contributed by atoms with E-state index < -0.39 is 0 Å². The van der Waals surface area contributed by atoms with E-state index in [2.05, 4.69) is 52.0 Å². The second kappa shape index (κ2) is 8.34. The van der Waals surface area contributed by atoms with Crippen molar-refractivity contribution >= 4 is 23.2 Å². The van der Waals surface area contributed by atoms with Gasteiger partial charge in [0.1, 0.15) is 0 Å². The van der Waals surface area contributed by atoms with Crippen molar-refractivity contribution in [1.29, 1.82) is 0 Å². The van der Waals surface area contributed by atoms with Crippen LogP contribution in [0.2, 0.25) is 10.0 Å². The van der Waals surface area contributed by atoms with Crippen molar-refractivity contribution in [2.45, 2.75) is 39.5 Å². The van der Waals surface area contributed by atoms with Crippen molar-refractivity contribution in [3.8, 4) is 0 Å². The number of hydrogen-bond donors (Lipinski definition) is 0. The molecule has 0 heterocycles. The lowest BCUT2D eigenvalue weighted by molar-refractivity contribution is 0.867. The summed E-state index contributed by atoms with van der Waals surface area (Å²) in [5.74, 6) is 1.09. The smallest absolute Gasteiger partial charge is 0.0441 e. The number of halogens is 2. The molecule has 0 amide bonds. The third kappa shape index (κ3) is 5.56. The molecule has 2 heteroatoms. The van der Waals surface area contributed by atoms with Gasteiger partial charge in [-0.25, -0.2) is 0 Å². The predicted octanol–water partition coefficient (Wildman–Crippen LogP) is 6.93. The minimum absolute atomic E-state index is 0.432.